The lowest BCUT2D eigenvalue weighted by Gasteiger charge is -2.16. The van der Waals surface area contributed by atoms with Crippen molar-refractivity contribution in [1.29, 1.82) is 0 Å². The molecule has 3 aromatic rings. The zero-order valence-electron chi connectivity index (χ0n) is 16.4. The molecule has 0 aromatic heterocycles. The fourth-order valence-corrected chi connectivity index (χ4v) is 3.44. The molecule has 7 nitrogen and oxygen atoms in total. The van der Waals surface area contributed by atoms with Gasteiger partial charge in [0.05, 0.1) is 23.9 Å². The van der Waals surface area contributed by atoms with E-state index in [9.17, 15) is 14.4 Å². The molecule has 0 saturated heterocycles. The van der Waals surface area contributed by atoms with Gasteiger partial charge in [-0.2, -0.15) is 0 Å². The van der Waals surface area contributed by atoms with Crippen LogP contribution in [0.15, 0.2) is 72.8 Å². The van der Waals surface area contributed by atoms with E-state index in [1.54, 1.807) is 79.9 Å². The van der Waals surface area contributed by atoms with Crippen molar-refractivity contribution in [1.82, 2.24) is 5.32 Å². The van der Waals surface area contributed by atoms with E-state index in [0.29, 0.717) is 33.8 Å². The van der Waals surface area contributed by atoms with Crippen LogP contribution in [0.2, 0.25) is 0 Å². The molecule has 0 radical (unpaired) electrons. The van der Waals surface area contributed by atoms with Gasteiger partial charge in [0.2, 0.25) is 0 Å². The topological polar surface area (TPSA) is 87.7 Å². The number of amides is 3. The van der Waals surface area contributed by atoms with Gasteiger partial charge in [-0.05, 0) is 66.8 Å². The Hall–Kier alpha value is -4.04. The number of nitrogens with zero attached hydrogens (tertiary/aromatic N) is 1. The molecule has 3 amide bonds. The lowest BCUT2D eigenvalue weighted by molar-refractivity contribution is 0.0924. The van der Waals surface area contributed by atoms with E-state index in [4.69, 9.17) is 17.0 Å². The van der Waals surface area contributed by atoms with E-state index in [-0.39, 0.29) is 22.8 Å². The summed E-state index contributed by atoms with van der Waals surface area (Å²) in [6.45, 7) is 0. The Balaban J connectivity index is 1.46. The Morgan fingerprint density at radius 3 is 2.16 bits per heavy atom. The molecule has 1 heterocycles. The van der Waals surface area contributed by atoms with Crippen LogP contribution < -0.4 is 20.3 Å². The summed E-state index contributed by atoms with van der Waals surface area (Å²) in [4.78, 5) is 38.8. The highest BCUT2D eigenvalue weighted by Crippen LogP contribution is 2.29. The van der Waals surface area contributed by atoms with Gasteiger partial charge in [-0.15, -0.1) is 0 Å². The number of fused-ring (bicyclic) bond motifs is 1. The highest BCUT2D eigenvalue weighted by atomic mass is 32.1. The second-order valence-electron chi connectivity index (χ2n) is 6.68. The summed E-state index contributed by atoms with van der Waals surface area (Å²) in [5, 5.41) is 5.58. The summed E-state index contributed by atoms with van der Waals surface area (Å²) in [5.41, 5.74) is 2.08. The Bertz CT molecular complexity index is 1170. The first-order chi connectivity index (χ1) is 15.0. The SMILES string of the molecule is COc1ccc(C(=O)NC(=S)Nc2cccc(N3C(=O)c4ccccc4C3=O)c2)cc1. The first-order valence-corrected chi connectivity index (χ1v) is 9.73. The fourth-order valence-electron chi connectivity index (χ4n) is 3.23. The van der Waals surface area contributed by atoms with Crippen LogP contribution in [0.5, 0.6) is 5.75 Å². The van der Waals surface area contributed by atoms with E-state index in [2.05, 4.69) is 10.6 Å². The first-order valence-electron chi connectivity index (χ1n) is 9.32. The monoisotopic (exact) mass is 431 g/mol. The van der Waals surface area contributed by atoms with Crippen LogP contribution in [0.25, 0.3) is 0 Å². The highest BCUT2D eigenvalue weighted by Gasteiger charge is 2.36. The first kappa shape index (κ1) is 20.2. The molecule has 0 fully saturated rings. The summed E-state index contributed by atoms with van der Waals surface area (Å²) in [5.74, 6) is -0.500. The maximum Gasteiger partial charge on any atom is 0.266 e. The molecular weight excluding hydrogens is 414 g/mol. The average Bonchev–Trinajstić information content (AvgIpc) is 3.04. The van der Waals surface area contributed by atoms with Crippen LogP contribution in [-0.2, 0) is 0 Å². The third-order valence-corrected chi connectivity index (χ3v) is 4.94. The number of hydrogen-bond donors (Lipinski definition) is 2. The van der Waals surface area contributed by atoms with Gasteiger partial charge in [0.1, 0.15) is 5.75 Å². The number of rotatable bonds is 4. The Labute approximate surface area is 183 Å². The van der Waals surface area contributed by atoms with Crippen molar-refractivity contribution in [2.75, 3.05) is 17.3 Å². The number of anilines is 2. The summed E-state index contributed by atoms with van der Waals surface area (Å²) in [7, 11) is 1.55. The Morgan fingerprint density at radius 2 is 1.55 bits per heavy atom. The molecule has 0 spiro atoms. The zero-order valence-corrected chi connectivity index (χ0v) is 17.2. The van der Waals surface area contributed by atoms with Crippen molar-refractivity contribution >= 4 is 46.4 Å². The molecule has 8 heteroatoms. The molecule has 1 aliphatic heterocycles. The maximum atomic E-state index is 12.7. The average molecular weight is 431 g/mol. The van der Waals surface area contributed by atoms with Gasteiger partial charge in [-0.1, -0.05) is 18.2 Å². The van der Waals surface area contributed by atoms with Crippen LogP contribution in [0.3, 0.4) is 0 Å². The van der Waals surface area contributed by atoms with E-state index in [1.165, 1.54) is 0 Å². The number of hydrogen-bond acceptors (Lipinski definition) is 5. The lowest BCUT2D eigenvalue weighted by Crippen LogP contribution is -2.34. The number of carbonyl (C=O) groups excluding carboxylic acids is 3. The molecule has 1 aliphatic rings. The molecule has 3 aromatic carbocycles. The van der Waals surface area contributed by atoms with Gasteiger partial charge in [-0.3, -0.25) is 19.7 Å². The van der Waals surface area contributed by atoms with E-state index >= 15 is 0 Å². The molecule has 0 aliphatic carbocycles. The van der Waals surface area contributed by atoms with Crippen molar-refractivity contribution in [3.63, 3.8) is 0 Å². The molecule has 2 N–H and O–H groups in total. The standard InChI is InChI=1S/C23H17N3O4S/c1-30-17-11-9-14(10-12-17)20(27)25-23(31)24-15-5-4-6-16(13-15)26-21(28)18-7-2-3-8-19(18)22(26)29/h2-13H,1H3,(H2,24,25,27,31). The van der Waals surface area contributed by atoms with Crippen LogP contribution in [0.1, 0.15) is 31.1 Å². The van der Waals surface area contributed by atoms with Crippen LogP contribution in [0.4, 0.5) is 11.4 Å². The predicted molar refractivity (Wildman–Crippen MR) is 121 cm³/mol. The summed E-state index contributed by atoms with van der Waals surface area (Å²) < 4.78 is 5.08. The molecule has 0 atom stereocenters. The van der Waals surface area contributed by atoms with E-state index in [1.807, 2.05) is 0 Å². The number of ether oxygens (including phenoxy) is 1. The van der Waals surface area contributed by atoms with Crippen molar-refractivity contribution in [3.05, 3.63) is 89.5 Å². The minimum Gasteiger partial charge on any atom is -0.497 e. The van der Waals surface area contributed by atoms with Crippen LogP contribution in [-0.4, -0.2) is 29.9 Å². The number of imide groups is 1. The number of thiocarbonyl (C=S) groups is 1. The third kappa shape index (κ3) is 4.01. The van der Waals surface area contributed by atoms with E-state index < -0.39 is 0 Å². The summed E-state index contributed by atoms with van der Waals surface area (Å²) >= 11 is 5.23. The molecule has 31 heavy (non-hydrogen) atoms. The number of nitrogens with one attached hydrogen (secondary N) is 2. The van der Waals surface area contributed by atoms with Crippen molar-refractivity contribution < 1.29 is 19.1 Å². The minimum absolute atomic E-state index is 0.0836. The number of benzene rings is 3. The van der Waals surface area contributed by atoms with Gasteiger partial charge in [0, 0.05) is 11.3 Å². The molecule has 0 bridgehead atoms. The number of carbonyl (C=O) groups is 3. The molecule has 0 saturated carbocycles. The molecule has 0 unspecified atom stereocenters. The van der Waals surface area contributed by atoms with Crippen molar-refractivity contribution in [2.24, 2.45) is 0 Å². The smallest absolute Gasteiger partial charge is 0.266 e. The van der Waals surface area contributed by atoms with Crippen molar-refractivity contribution in [2.45, 2.75) is 0 Å². The second kappa shape index (κ2) is 8.37. The van der Waals surface area contributed by atoms with Gasteiger partial charge in [0.15, 0.2) is 5.11 Å². The van der Waals surface area contributed by atoms with Gasteiger partial charge in [0.25, 0.3) is 17.7 Å². The normalized spacial score (nSPS) is 12.4. The maximum absolute atomic E-state index is 12.7. The summed E-state index contributed by atoms with van der Waals surface area (Å²) in [6.07, 6.45) is 0. The number of methoxy groups -OCH3 is 1. The Morgan fingerprint density at radius 1 is 0.903 bits per heavy atom. The van der Waals surface area contributed by atoms with Crippen LogP contribution in [0, 0.1) is 0 Å². The quantitative estimate of drug-likeness (QED) is 0.485. The molecule has 4 rings (SSSR count). The van der Waals surface area contributed by atoms with E-state index in [0.717, 1.165) is 4.90 Å². The summed E-state index contributed by atoms with van der Waals surface area (Å²) in [6, 6.07) is 20.0. The Kier molecular flexibility index (Phi) is 5.46. The third-order valence-electron chi connectivity index (χ3n) is 4.74. The van der Waals surface area contributed by atoms with Gasteiger partial charge >= 0.3 is 0 Å². The second-order valence-corrected chi connectivity index (χ2v) is 7.09. The van der Waals surface area contributed by atoms with Crippen molar-refractivity contribution in [3.8, 4) is 5.75 Å². The minimum atomic E-state index is -0.381. The fraction of sp³-hybridized carbons (Fsp3) is 0.0435. The van der Waals surface area contributed by atoms with Crippen LogP contribution >= 0.6 is 12.2 Å². The van der Waals surface area contributed by atoms with Gasteiger partial charge < -0.3 is 10.1 Å². The largest absolute Gasteiger partial charge is 0.497 e. The molecule has 154 valence electrons. The highest BCUT2D eigenvalue weighted by molar-refractivity contribution is 7.80. The lowest BCUT2D eigenvalue weighted by atomic mass is 10.1. The molecular formula is C23H17N3O4S. The van der Waals surface area contributed by atoms with Gasteiger partial charge in [-0.25, -0.2) is 4.90 Å². The predicted octanol–water partition coefficient (Wildman–Crippen LogP) is 3.62. The zero-order chi connectivity index (χ0) is 22.0.